The first-order valence-electron chi connectivity index (χ1n) is 14.3. The number of aromatic nitrogens is 1. The topological polar surface area (TPSA) is 88.4 Å². The Hall–Kier alpha value is -3.86. The fourth-order valence-corrected chi connectivity index (χ4v) is 6.61. The molecule has 1 aliphatic heterocycles. The number of fused-ring (bicyclic) bond motifs is 1. The van der Waals surface area contributed by atoms with Gasteiger partial charge in [0.05, 0.1) is 46.1 Å². The van der Waals surface area contributed by atoms with Gasteiger partial charge in [-0.25, -0.2) is 9.79 Å². The monoisotopic (exact) mass is 710 g/mol. The van der Waals surface area contributed by atoms with E-state index in [1.807, 2.05) is 62.4 Å². The van der Waals surface area contributed by atoms with Crippen molar-refractivity contribution in [1.82, 2.24) is 4.57 Å². The molecule has 45 heavy (non-hydrogen) atoms. The molecular weight excluding hydrogens is 680 g/mol. The molecule has 8 nitrogen and oxygen atoms in total. The summed E-state index contributed by atoms with van der Waals surface area (Å²) in [5, 5.41) is 0.669. The molecule has 3 aromatic carbocycles. The van der Waals surface area contributed by atoms with Crippen LogP contribution in [0.3, 0.4) is 0 Å². The summed E-state index contributed by atoms with van der Waals surface area (Å²) >= 11 is 10.8. The number of halogens is 2. The van der Waals surface area contributed by atoms with E-state index in [0.29, 0.717) is 55.0 Å². The van der Waals surface area contributed by atoms with Crippen molar-refractivity contribution in [2.45, 2.75) is 46.4 Å². The van der Waals surface area contributed by atoms with E-state index in [1.54, 1.807) is 43.7 Å². The lowest BCUT2D eigenvalue weighted by Gasteiger charge is -2.25. The van der Waals surface area contributed by atoms with Crippen LogP contribution in [0, 0.1) is 0 Å². The lowest BCUT2D eigenvalue weighted by Crippen LogP contribution is -2.40. The fourth-order valence-electron chi connectivity index (χ4n) is 4.93. The van der Waals surface area contributed by atoms with Crippen molar-refractivity contribution in [3.63, 3.8) is 0 Å². The van der Waals surface area contributed by atoms with Gasteiger partial charge in [0.2, 0.25) is 0 Å². The Balaban J connectivity index is 1.54. The van der Waals surface area contributed by atoms with Gasteiger partial charge in [-0.15, -0.1) is 0 Å². The van der Waals surface area contributed by atoms with Crippen LogP contribution in [0.4, 0.5) is 0 Å². The second-order valence-corrected chi connectivity index (χ2v) is 12.8. The van der Waals surface area contributed by atoms with E-state index >= 15 is 0 Å². The normalized spacial score (nSPS) is 14.7. The van der Waals surface area contributed by atoms with Crippen LogP contribution in [-0.2, 0) is 16.1 Å². The molecule has 1 atom stereocenters. The molecule has 2 heterocycles. The molecule has 0 spiro atoms. The van der Waals surface area contributed by atoms with Crippen LogP contribution in [0.5, 0.6) is 17.2 Å². The van der Waals surface area contributed by atoms with Gasteiger partial charge in [-0.3, -0.25) is 9.36 Å². The van der Waals surface area contributed by atoms with Crippen molar-refractivity contribution >= 4 is 50.9 Å². The predicted molar refractivity (Wildman–Crippen MR) is 179 cm³/mol. The highest BCUT2D eigenvalue weighted by molar-refractivity contribution is 9.10. The Kier molecular flexibility index (Phi) is 10.2. The summed E-state index contributed by atoms with van der Waals surface area (Å²) in [7, 11) is 1.55. The van der Waals surface area contributed by atoms with Crippen molar-refractivity contribution in [1.29, 1.82) is 0 Å². The predicted octanol–water partition coefficient (Wildman–Crippen LogP) is 6.59. The molecule has 0 saturated heterocycles. The number of nitrogens with zero attached hydrogens (tertiary/aromatic N) is 2. The summed E-state index contributed by atoms with van der Waals surface area (Å²) in [6.45, 7) is 7.92. The van der Waals surface area contributed by atoms with Gasteiger partial charge >= 0.3 is 5.97 Å². The van der Waals surface area contributed by atoms with Gasteiger partial charge in [-0.2, -0.15) is 0 Å². The largest absolute Gasteiger partial charge is 0.493 e. The quantitative estimate of drug-likeness (QED) is 0.173. The highest BCUT2D eigenvalue weighted by Gasteiger charge is 2.34. The Bertz CT molecular complexity index is 1950. The molecule has 1 aromatic heterocycles. The number of allylic oxidation sites excluding steroid dienone is 1. The zero-order valence-electron chi connectivity index (χ0n) is 25.4. The number of carbonyl (C=O) groups is 1. The summed E-state index contributed by atoms with van der Waals surface area (Å²) < 4.78 is 25.7. The molecule has 0 amide bonds. The summed E-state index contributed by atoms with van der Waals surface area (Å²) in [4.78, 5) is 32.5. The number of hydrogen-bond acceptors (Lipinski definition) is 8. The third kappa shape index (κ3) is 7.19. The van der Waals surface area contributed by atoms with Gasteiger partial charge in [-0.05, 0) is 103 Å². The van der Waals surface area contributed by atoms with Crippen LogP contribution in [0.2, 0.25) is 5.02 Å². The zero-order chi connectivity index (χ0) is 32.2. The minimum absolute atomic E-state index is 0.0659. The van der Waals surface area contributed by atoms with Crippen LogP contribution in [0.15, 0.2) is 86.2 Å². The molecule has 11 heteroatoms. The highest BCUT2D eigenvalue weighted by Crippen LogP contribution is 2.36. The van der Waals surface area contributed by atoms with E-state index in [-0.39, 0.29) is 18.3 Å². The maximum Gasteiger partial charge on any atom is 0.338 e. The third-order valence-corrected chi connectivity index (χ3v) is 8.80. The third-order valence-electron chi connectivity index (χ3n) is 6.94. The van der Waals surface area contributed by atoms with Crippen molar-refractivity contribution in [3.8, 4) is 17.2 Å². The first-order valence-corrected chi connectivity index (χ1v) is 16.3. The van der Waals surface area contributed by atoms with Gasteiger partial charge in [0.15, 0.2) is 16.3 Å². The number of esters is 1. The van der Waals surface area contributed by atoms with Gasteiger partial charge in [-0.1, -0.05) is 47.2 Å². The second-order valence-electron chi connectivity index (χ2n) is 10.5. The van der Waals surface area contributed by atoms with Crippen molar-refractivity contribution in [3.05, 3.63) is 118 Å². The minimum Gasteiger partial charge on any atom is -0.493 e. The maximum atomic E-state index is 14.0. The Morgan fingerprint density at radius 1 is 1.09 bits per heavy atom. The average molecular weight is 712 g/mol. The molecule has 0 bridgehead atoms. The molecule has 0 saturated carbocycles. The van der Waals surface area contributed by atoms with E-state index in [4.69, 9.17) is 30.5 Å². The molecule has 0 N–H and O–H groups in total. The first-order chi connectivity index (χ1) is 21.6. The van der Waals surface area contributed by atoms with Crippen molar-refractivity contribution < 1.29 is 23.7 Å². The van der Waals surface area contributed by atoms with E-state index in [2.05, 4.69) is 20.9 Å². The van der Waals surface area contributed by atoms with Gasteiger partial charge in [0, 0.05) is 5.02 Å². The van der Waals surface area contributed by atoms with Crippen LogP contribution in [0.1, 0.15) is 50.4 Å². The molecule has 4 aromatic rings. The Labute approximate surface area is 278 Å². The van der Waals surface area contributed by atoms with E-state index in [1.165, 1.54) is 11.3 Å². The minimum atomic E-state index is -0.778. The summed E-state index contributed by atoms with van der Waals surface area (Å²) in [6, 6.07) is 17.7. The molecule has 0 radical (unpaired) electrons. The lowest BCUT2D eigenvalue weighted by molar-refractivity contribution is -0.139. The molecule has 0 unspecified atom stereocenters. The summed E-state index contributed by atoms with van der Waals surface area (Å²) in [6.07, 6.45) is 1.74. The van der Waals surface area contributed by atoms with Crippen molar-refractivity contribution in [2.75, 3.05) is 13.7 Å². The van der Waals surface area contributed by atoms with Crippen LogP contribution < -0.4 is 29.1 Å². The van der Waals surface area contributed by atoms with E-state index in [9.17, 15) is 9.59 Å². The first kappa shape index (κ1) is 32.5. The zero-order valence-corrected chi connectivity index (χ0v) is 28.6. The summed E-state index contributed by atoms with van der Waals surface area (Å²) in [5.41, 5.74) is 2.94. The van der Waals surface area contributed by atoms with Gasteiger partial charge in [0.1, 0.15) is 12.4 Å². The molecular formula is C34H32BrClN2O6S. The molecule has 0 fully saturated rings. The van der Waals surface area contributed by atoms with Crippen molar-refractivity contribution in [2.24, 2.45) is 4.99 Å². The second kappa shape index (κ2) is 14.1. The standard InChI is InChI=1S/C34H32BrClN2O6S/c1-6-42-33(40)30-20(4)37-34-38(31(30)23-10-14-27(44-19(2)3)28(17-23)41-5)32(39)29(45-34)16-22-9-13-26(25(35)15-22)43-18-21-7-11-24(36)12-8-21/h7-17,19,31H,6,18H2,1-5H3/b29-16-/t31-/m0/s1. The number of carbonyl (C=O) groups excluding carboxylic acids is 1. The average Bonchev–Trinajstić information content (AvgIpc) is 3.30. The highest BCUT2D eigenvalue weighted by atomic mass is 79.9. The number of benzene rings is 3. The number of hydrogen-bond donors (Lipinski definition) is 0. The molecule has 234 valence electrons. The number of methoxy groups -OCH3 is 1. The fraction of sp³-hybridized carbons (Fsp3) is 0.265. The smallest absolute Gasteiger partial charge is 0.338 e. The Morgan fingerprint density at radius 2 is 1.82 bits per heavy atom. The molecule has 5 rings (SSSR count). The molecule has 0 aliphatic carbocycles. The van der Waals surface area contributed by atoms with Crippen LogP contribution in [-0.4, -0.2) is 30.4 Å². The Morgan fingerprint density at radius 3 is 2.49 bits per heavy atom. The molecule has 1 aliphatic rings. The maximum absolute atomic E-state index is 14.0. The van der Waals surface area contributed by atoms with Crippen LogP contribution >= 0.6 is 38.9 Å². The number of thiazole rings is 1. The lowest BCUT2D eigenvalue weighted by atomic mass is 9.95. The number of rotatable bonds is 10. The van der Waals surface area contributed by atoms with Gasteiger partial charge < -0.3 is 18.9 Å². The SMILES string of the molecule is CCOC(=O)C1=C(C)N=c2s/c(=C\c3ccc(OCc4ccc(Cl)cc4)c(Br)c3)c(=O)n2[C@H]1c1ccc(OC(C)C)c(OC)c1. The number of ether oxygens (including phenoxy) is 4. The van der Waals surface area contributed by atoms with Crippen LogP contribution in [0.25, 0.3) is 6.08 Å². The summed E-state index contributed by atoms with van der Waals surface area (Å²) in [5.74, 6) is 1.19. The van der Waals surface area contributed by atoms with Gasteiger partial charge in [0.25, 0.3) is 5.56 Å². The van der Waals surface area contributed by atoms with E-state index < -0.39 is 12.0 Å². The van der Waals surface area contributed by atoms with E-state index in [0.717, 1.165) is 15.6 Å².